The molecule has 204 valence electrons. The zero-order valence-corrected chi connectivity index (χ0v) is 22.9. The number of aromatic nitrogens is 5. The number of nitrogens with zero attached hydrogens (tertiary/aromatic N) is 6. The van der Waals surface area contributed by atoms with Crippen LogP contribution in [-0.4, -0.2) is 79.7 Å². The zero-order valence-electron chi connectivity index (χ0n) is 22.9. The lowest BCUT2D eigenvalue weighted by Gasteiger charge is -2.38. The first-order valence-corrected chi connectivity index (χ1v) is 13.0. The number of nitrogens with one attached hydrogen (secondary N) is 2. The van der Waals surface area contributed by atoms with Gasteiger partial charge in [-0.15, -0.1) is 0 Å². The van der Waals surface area contributed by atoms with Gasteiger partial charge < -0.3 is 24.7 Å². The number of anilines is 2. The van der Waals surface area contributed by atoms with E-state index in [0.717, 1.165) is 35.2 Å². The summed E-state index contributed by atoms with van der Waals surface area (Å²) in [4.78, 5) is 37.4. The van der Waals surface area contributed by atoms with Crippen LogP contribution in [0.2, 0.25) is 0 Å². The van der Waals surface area contributed by atoms with E-state index >= 15 is 0 Å². The minimum atomic E-state index is -0.492. The Morgan fingerprint density at radius 3 is 2.64 bits per heavy atom. The van der Waals surface area contributed by atoms with E-state index in [0.29, 0.717) is 36.3 Å². The minimum Gasteiger partial charge on any atom is -0.493 e. The van der Waals surface area contributed by atoms with Gasteiger partial charge in [-0.3, -0.25) is 4.90 Å². The molecule has 1 saturated heterocycles. The first kappa shape index (κ1) is 26.4. The van der Waals surface area contributed by atoms with Gasteiger partial charge in [0.05, 0.1) is 24.3 Å². The Morgan fingerprint density at radius 2 is 1.90 bits per heavy atom. The Balaban J connectivity index is 1.25. The highest BCUT2D eigenvalue weighted by Gasteiger charge is 2.28. The molecule has 1 aromatic carbocycles. The number of amides is 1. The van der Waals surface area contributed by atoms with Crippen LogP contribution in [0, 0.1) is 0 Å². The molecular weight excluding hydrogens is 496 g/mol. The summed E-state index contributed by atoms with van der Waals surface area (Å²) in [6.45, 7) is 10.7. The summed E-state index contributed by atoms with van der Waals surface area (Å²) in [6, 6.07) is 10.1. The zero-order chi connectivity index (χ0) is 27.6. The van der Waals surface area contributed by atoms with Gasteiger partial charge in [0.15, 0.2) is 5.75 Å². The van der Waals surface area contributed by atoms with Gasteiger partial charge in [0.25, 0.3) is 0 Å². The number of pyridine rings is 1. The Labute approximate surface area is 227 Å². The molecule has 0 bridgehead atoms. The maximum Gasteiger partial charge on any atom is 0.410 e. The van der Waals surface area contributed by atoms with E-state index in [1.165, 1.54) is 6.33 Å². The van der Waals surface area contributed by atoms with Gasteiger partial charge in [-0.2, -0.15) is 0 Å². The third kappa shape index (κ3) is 6.09. The first-order chi connectivity index (χ1) is 18.7. The molecule has 2 N–H and O–H groups in total. The average Bonchev–Trinajstić information content (AvgIpc) is 3.33. The van der Waals surface area contributed by atoms with Crippen LogP contribution in [0.1, 0.15) is 39.3 Å². The highest BCUT2D eigenvalue weighted by molar-refractivity contribution is 5.84. The second-order valence-electron chi connectivity index (χ2n) is 10.5. The van der Waals surface area contributed by atoms with Crippen LogP contribution in [0.3, 0.4) is 0 Å². The first-order valence-electron chi connectivity index (χ1n) is 13.0. The number of fused-ring (bicyclic) bond motifs is 1. The molecule has 1 atom stereocenters. The summed E-state index contributed by atoms with van der Waals surface area (Å²) in [5.41, 5.74) is 3.94. The molecule has 0 spiro atoms. The maximum absolute atomic E-state index is 12.4. The summed E-state index contributed by atoms with van der Waals surface area (Å²) < 4.78 is 10.9. The molecule has 3 aromatic heterocycles. The average molecular weight is 531 g/mol. The van der Waals surface area contributed by atoms with Gasteiger partial charge in [-0.1, -0.05) is 6.07 Å². The monoisotopic (exact) mass is 530 g/mol. The van der Waals surface area contributed by atoms with Gasteiger partial charge in [-0.25, -0.2) is 24.7 Å². The standard InChI is InChI=1S/C28H34N8O3/c1-18(35-10-12-36(13-11-35)27(37)39-28(2,3)4)19-8-9-30-24(15-19)34-26-32-21-7-6-20(14-22(21)33-26)25-23(38-5)16-29-17-31-25/h6-9,14-18H,10-13H2,1-5H3,(H2,30,32,33,34)/t18-/m1/s1. The highest BCUT2D eigenvalue weighted by Crippen LogP contribution is 2.30. The molecule has 11 nitrogen and oxygen atoms in total. The number of methoxy groups -OCH3 is 1. The number of carbonyl (C=O) groups is 1. The molecular formula is C28H34N8O3. The molecule has 1 amide bonds. The quantitative estimate of drug-likeness (QED) is 0.363. The van der Waals surface area contributed by atoms with E-state index in [1.54, 1.807) is 24.4 Å². The summed E-state index contributed by atoms with van der Waals surface area (Å²) in [5, 5.41) is 3.30. The summed E-state index contributed by atoms with van der Waals surface area (Å²) in [5.74, 6) is 1.90. The van der Waals surface area contributed by atoms with Gasteiger partial charge in [-0.05, 0) is 57.5 Å². The van der Waals surface area contributed by atoms with Gasteiger partial charge in [0, 0.05) is 44.0 Å². The van der Waals surface area contributed by atoms with Crippen LogP contribution in [-0.2, 0) is 4.74 Å². The molecule has 11 heteroatoms. The number of carbonyl (C=O) groups excluding carboxylic acids is 1. The lowest BCUT2D eigenvalue weighted by atomic mass is 10.1. The Kier molecular flexibility index (Phi) is 7.34. The third-order valence-corrected chi connectivity index (χ3v) is 6.68. The molecule has 0 aliphatic carbocycles. The van der Waals surface area contributed by atoms with E-state index in [1.807, 2.05) is 51.1 Å². The summed E-state index contributed by atoms with van der Waals surface area (Å²) in [6.07, 6.45) is 4.70. The number of piperazine rings is 1. The van der Waals surface area contributed by atoms with Crippen molar-refractivity contribution < 1.29 is 14.3 Å². The van der Waals surface area contributed by atoms with Crippen molar-refractivity contribution in [1.82, 2.24) is 34.7 Å². The number of hydrogen-bond acceptors (Lipinski definition) is 9. The largest absolute Gasteiger partial charge is 0.493 e. The topological polar surface area (TPSA) is 121 Å². The predicted octanol–water partition coefficient (Wildman–Crippen LogP) is 4.78. The Morgan fingerprint density at radius 1 is 1.10 bits per heavy atom. The second kappa shape index (κ2) is 10.9. The molecule has 1 fully saturated rings. The predicted molar refractivity (Wildman–Crippen MR) is 149 cm³/mol. The van der Waals surface area contributed by atoms with Crippen molar-refractivity contribution >= 4 is 28.9 Å². The highest BCUT2D eigenvalue weighted by atomic mass is 16.6. The van der Waals surface area contributed by atoms with Crippen LogP contribution in [0.15, 0.2) is 49.1 Å². The van der Waals surface area contributed by atoms with Crippen molar-refractivity contribution in [1.29, 1.82) is 0 Å². The van der Waals surface area contributed by atoms with E-state index in [9.17, 15) is 4.79 Å². The smallest absolute Gasteiger partial charge is 0.410 e. The van der Waals surface area contributed by atoms with Crippen LogP contribution < -0.4 is 10.1 Å². The Bertz CT molecular complexity index is 1460. The van der Waals surface area contributed by atoms with Crippen LogP contribution in [0.5, 0.6) is 5.75 Å². The van der Waals surface area contributed by atoms with Crippen LogP contribution in [0.25, 0.3) is 22.3 Å². The molecule has 4 heterocycles. The second-order valence-corrected chi connectivity index (χ2v) is 10.5. The maximum atomic E-state index is 12.4. The normalized spacial score (nSPS) is 15.3. The molecule has 1 aliphatic heterocycles. The van der Waals surface area contributed by atoms with E-state index in [2.05, 4.69) is 42.1 Å². The number of ether oxygens (including phenoxy) is 2. The molecule has 39 heavy (non-hydrogen) atoms. The number of benzene rings is 1. The molecule has 4 aromatic rings. The van der Waals surface area contributed by atoms with Crippen molar-refractivity contribution in [3.8, 4) is 17.0 Å². The van der Waals surface area contributed by atoms with E-state index in [4.69, 9.17) is 9.47 Å². The van der Waals surface area contributed by atoms with E-state index < -0.39 is 5.60 Å². The Hall–Kier alpha value is -4.25. The third-order valence-electron chi connectivity index (χ3n) is 6.68. The molecule has 0 unspecified atom stereocenters. The number of rotatable bonds is 6. The fraction of sp³-hybridized carbons (Fsp3) is 0.393. The SMILES string of the molecule is COc1cncnc1-c1ccc2nc(Nc3cc([C@@H](C)N4CCN(C(=O)OC(C)(C)C)CC4)ccn3)[nH]c2c1. The fourth-order valence-corrected chi connectivity index (χ4v) is 4.62. The molecule has 1 aliphatic rings. The number of H-pyrrole nitrogens is 1. The number of aromatic amines is 1. The van der Waals surface area contributed by atoms with Crippen LogP contribution in [0.4, 0.5) is 16.6 Å². The minimum absolute atomic E-state index is 0.162. The summed E-state index contributed by atoms with van der Waals surface area (Å²) >= 11 is 0. The van der Waals surface area contributed by atoms with Gasteiger partial charge >= 0.3 is 6.09 Å². The number of imidazole rings is 1. The molecule has 0 radical (unpaired) electrons. The van der Waals surface area contributed by atoms with E-state index in [-0.39, 0.29) is 12.1 Å². The fourth-order valence-electron chi connectivity index (χ4n) is 4.62. The van der Waals surface area contributed by atoms with Crippen molar-refractivity contribution in [2.45, 2.75) is 39.3 Å². The van der Waals surface area contributed by atoms with Gasteiger partial charge in [0.2, 0.25) is 5.95 Å². The van der Waals surface area contributed by atoms with Crippen LogP contribution >= 0.6 is 0 Å². The van der Waals surface area contributed by atoms with Crippen molar-refractivity contribution in [2.24, 2.45) is 0 Å². The van der Waals surface area contributed by atoms with Gasteiger partial charge in [0.1, 0.15) is 23.4 Å². The number of hydrogen-bond donors (Lipinski definition) is 2. The molecule has 5 rings (SSSR count). The van der Waals surface area contributed by atoms with Crippen molar-refractivity contribution in [2.75, 3.05) is 38.6 Å². The summed E-state index contributed by atoms with van der Waals surface area (Å²) in [7, 11) is 1.60. The van der Waals surface area contributed by atoms with Crippen molar-refractivity contribution in [3.63, 3.8) is 0 Å². The lowest BCUT2D eigenvalue weighted by molar-refractivity contribution is 0.0110. The lowest BCUT2D eigenvalue weighted by Crippen LogP contribution is -2.50. The molecule has 0 saturated carbocycles. The van der Waals surface area contributed by atoms with Crippen molar-refractivity contribution in [3.05, 3.63) is 54.6 Å².